The number of nitrogens with two attached hydrogens (primary N) is 1. The Bertz CT molecular complexity index is 562. The van der Waals surface area contributed by atoms with Crippen LogP contribution in [0.3, 0.4) is 0 Å². The zero-order valence-electron chi connectivity index (χ0n) is 11.7. The summed E-state index contributed by atoms with van der Waals surface area (Å²) in [6, 6.07) is 0. The van der Waals surface area contributed by atoms with Crippen LogP contribution in [0, 0.1) is 13.8 Å². The lowest BCUT2D eigenvalue weighted by Gasteiger charge is -2.19. The van der Waals surface area contributed by atoms with E-state index >= 15 is 0 Å². The normalized spacial score (nSPS) is 14.8. The molecule has 0 bridgehead atoms. The molecule has 0 saturated heterocycles. The molecule has 0 spiro atoms. The Morgan fingerprint density at radius 2 is 2.11 bits per heavy atom. The van der Waals surface area contributed by atoms with Gasteiger partial charge in [-0.3, -0.25) is 4.68 Å². The molecule has 98 valence electrons. The van der Waals surface area contributed by atoms with Gasteiger partial charge in [0, 0.05) is 18.3 Å². The van der Waals surface area contributed by atoms with Crippen molar-refractivity contribution in [1.82, 2.24) is 19.7 Å². The van der Waals surface area contributed by atoms with Gasteiger partial charge in [-0.05, 0) is 27.2 Å². The SMILES string of the molecule is CCC(C)(N)c1ncc(-c2c(C)nn(C)c2C)[nH]1. The highest BCUT2D eigenvalue weighted by atomic mass is 15.3. The Hall–Kier alpha value is -1.62. The van der Waals surface area contributed by atoms with Crippen molar-refractivity contribution in [3.63, 3.8) is 0 Å². The number of rotatable bonds is 3. The van der Waals surface area contributed by atoms with Gasteiger partial charge in [0.25, 0.3) is 0 Å². The Morgan fingerprint density at radius 1 is 1.44 bits per heavy atom. The third-order valence-corrected chi connectivity index (χ3v) is 3.63. The van der Waals surface area contributed by atoms with Crippen LogP contribution in [-0.4, -0.2) is 19.7 Å². The van der Waals surface area contributed by atoms with E-state index in [-0.39, 0.29) is 0 Å². The number of H-pyrrole nitrogens is 1. The second kappa shape index (κ2) is 4.24. The Labute approximate surface area is 107 Å². The van der Waals surface area contributed by atoms with Crippen molar-refractivity contribution in [2.45, 2.75) is 39.7 Å². The molecule has 2 heterocycles. The summed E-state index contributed by atoms with van der Waals surface area (Å²) in [5.74, 6) is 0.822. The quantitative estimate of drug-likeness (QED) is 0.871. The highest BCUT2D eigenvalue weighted by Gasteiger charge is 2.23. The molecule has 0 saturated carbocycles. The predicted molar refractivity (Wildman–Crippen MR) is 72.1 cm³/mol. The summed E-state index contributed by atoms with van der Waals surface area (Å²) in [7, 11) is 1.95. The largest absolute Gasteiger partial charge is 0.340 e. The van der Waals surface area contributed by atoms with E-state index in [1.165, 1.54) is 0 Å². The molecule has 0 radical (unpaired) electrons. The van der Waals surface area contributed by atoms with Gasteiger partial charge in [0.1, 0.15) is 5.82 Å². The zero-order valence-corrected chi connectivity index (χ0v) is 11.7. The molecule has 0 aromatic carbocycles. The van der Waals surface area contributed by atoms with Crippen LogP contribution in [0.4, 0.5) is 0 Å². The highest BCUT2D eigenvalue weighted by molar-refractivity contribution is 5.64. The molecule has 5 nitrogen and oxygen atoms in total. The third-order valence-electron chi connectivity index (χ3n) is 3.63. The van der Waals surface area contributed by atoms with Crippen LogP contribution in [0.15, 0.2) is 6.20 Å². The number of nitrogens with one attached hydrogen (secondary N) is 1. The van der Waals surface area contributed by atoms with Crippen molar-refractivity contribution < 1.29 is 0 Å². The average Bonchev–Trinajstić information content (AvgIpc) is 2.86. The first-order chi connectivity index (χ1) is 8.36. The molecule has 3 N–H and O–H groups in total. The van der Waals surface area contributed by atoms with Crippen molar-refractivity contribution in [3.8, 4) is 11.3 Å². The second-order valence-electron chi connectivity index (χ2n) is 5.09. The standard InChI is InChI=1S/C13H21N5/c1-6-13(4,14)12-15-7-10(16-12)11-8(2)17-18(5)9(11)3/h7H,6,14H2,1-5H3,(H,15,16). The third kappa shape index (κ3) is 1.95. The van der Waals surface area contributed by atoms with Gasteiger partial charge in [-0.25, -0.2) is 4.98 Å². The Morgan fingerprint density at radius 3 is 2.61 bits per heavy atom. The molecule has 0 aliphatic heterocycles. The van der Waals surface area contributed by atoms with Gasteiger partial charge in [-0.15, -0.1) is 0 Å². The molecular formula is C13H21N5. The number of nitrogens with zero attached hydrogens (tertiary/aromatic N) is 3. The van der Waals surface area contributed by atoms with Gasteiger partial charge >= 0.3 is 0 Å². The molecule has 2 rings (SSSR count). The first-order valence-corrected chi connectivity index (χ1v) is 6.21. The molecule has 2 aromatic rings. The van der Waals surface area contributed by atoms with Gasteiger partial charge in [-0.1, -0.05) is 6.92 Å². The summed E-state index contributed by atoms with van der Waals surface area (Å²) in [4.78, 5) is 7.74. The van der Waals surface area contributed by atoms with Crippen molar-refractivity contribution >= 4 is 0 Å². The molecular weight excluding hydrogens is 226 g/mol. The smallest absolute Gasteiger partial charge is 0.126 e. The molecule has 2 aromatic heterocycles. The molecule has 18 heavy (non-hydrogen) atoms. The van der Waals surface area contributed by atoms with E-state index < -0.39 is 5.54 Å². The Balaban J connectivity index is 2.48. The van der Waals surface area contributed by atoms with Gasteiger partial charge in [0.15, 0.2) is 0 Å². The maximum absolute atomic E-state index is 6.20. The number of aromatic nitrogens is 4. The maximum atomic E-state index is 6.20. The summed E-state index contributed by atoms with van der Waals surface area (Å²) < 4.78 is 1.88. The molecule has 0 aliphatic rings. The van der Waals surface area contributed by atoms with E-state index in [2.05, 4.69) is 28.9 Å². The van der Waals surface area contributed by atoms with Gasteiger partial charge in [0.05, 0.1) is 23.1 Å². The summed E-state index contributed by atoms with van der Waals surface area (Å²) in [6.07, 6.45) is 2.68. The van der Waals surface area contributed by atoms with Crippen molar-refractivity contribution in [3.05, 3.63) is 23.4 Å². The van der Waals surface area contributed by atoms with Crippen molar-refractivity contribution in [2.24, 2.45) is 12.8 Å². The van der Waals surface area contributed by atoms with E-state index in [4.69, 9.17) is 5.73 Å². The topological polar surface area (TPSA) is 72.5 Å². The van der Waals surface area contributed by atoms with Gasteiger partial charge < -0.3 is 10.7 Å². The van der Waals surface area contributed by atoms with E-state index in [0.29, 0.717) is 0 Å². The first-order valence-electron chi connectivity index (χ1n) is 6.21. The minimum Gasteiger partial charge on any atom is -0.340 e. The maximum Gasteiger partial charge on any atom is 0.126 e. The number of hydrogen-bond donors (Lipinski definition) is 2. The van der Waals surface area contributed by atoms with Crippen LogP contribution < -0.4 is 5.73 Å². The minimum atomic E-state index is -0.414. The summed E-state index contributed by atoms with van der Waals surface area (Å²) in [6.45, 7) is 8.10. The minimum absolute atomic E-state index is 0.414. The van der Waals surface area contributed by atoms with Crippen LogP contribution in [0.1, 0.15) is 37.5 Å². The fourth-order valence-electron chi connectivity index (χ4n) is 2.07. The number of hydrogen-bond acceptors (Lipinski definition) is 3. The van der Waals surface area contributed by atoms with Crippen molar-refractivity contribution in [2.75, 3.05) is 0 Å². The van der Waals surface area contributed by atoms with E-state index in [9.17, 15) is 0 Å². The number of aromatic amines is 1. The van der Waals surface area contributed by atoms with Gasteiger partial charge in [0.2, 0.25) is 0 Å². The highest BCUT2D eigenvalue weighted by Crippen LogP contribution is 2.27. The molecule has 0 amide bonds. The fraction of sp³-hybridized carbons (Fsp3) is 0.538. The fourth-order valence-corrected chi connectivity index (χ4v) is 2.07. The monoisotopic (exact) mass is 247 g/mol. The van der Waals surface area contributed by atoms with Crippen LogP contribution in [0.2, 0.25) is 0 Å². The van der Waals surface area contributed by atoms with Crippen LogP contribution >= 0.6 is 0 Å². The Kier molecular flexibility index (Phi) is 3.02. The molecule has 1 atom stereocenters. The van der Waals surface area contributed by atoms with E-state index in [1.807, 2.05) is 31.8 Å². The van der Waals surface area contributed by atoms with Crippen LogP contribution in [0.5, 0.6) is 0 Å². The first kappa shape index (κ1) is 12.8. The summed E-state index contributed by atoms with van der Waals surface area (Å²) >= 11 is 0. The number of imidazole rings is 1. The zero-order chi connectivity index (χ0) is 13.5. The molecule has 0 fully saturated rings. The molecule has 5 heteroatoms. The lowest BCUT2D eigenvalue weighted by molar-refractivity contribution is 0.450. The van der Waals surface area contributed by atoms with Gasteiger partial charge in [-0.2, -0.15) is 5.10 Å². The van der Waals surface area contributed by atoms with Crippen LogP contribution in [0.25, 0.3) is 11.3 Å². The predicted octanol–water partition coefficient (Wildman–Crippen LogP) is 2.01. The second-order valence-corrected chi connectivity index (χ2v) is 5.09. The van der Waals surface area contributed by atoms with E-state index in [1.54, 1.807) is 0 Å². The average molecular weight is 247 g/mol. The summed E-state index contributed by atoms with van der Waals surface area (Å²) in [5.41, 5.74) is 10.0. The summed E-state index contributed by atoms with van der Waals surface area (Å²) in [5, 5.41) is 4.42. The lowest BCUT2D eigenvalue weighted by atomic mass is 10.00. The lowest BCUT2D eigenvalue weighted by Crippen LogP contribution is -2.33. The van der Waals surface area contributed by atoms with Crippen LogP contribution in [-0.2, 0) is 12.6 Å². The molecule has 0 aliphatic carbocycles. The number of aryl methyl sites for hydroxylation is 2. The van der Waals surface area contributed by atoms with E-state index in [0.717, 1.165) is 34.9 Å². The molecule has 1 unspecified atom stereocenters. The van der Waals surface area contributed by atoms with Crippen molar-refractivity contribution in [1.29, 1.82) is 0 Å².